The first-order chi connectivity index (χ1) is 8.81. The minimum Gasteiger partial charge on any atom is -0.395 e. The first-order valence-corrected chi connectivity index (χ1v) is 6.61. The molecule has 18 heavy (non-hydrogen) atoms. The van der Waals surface area contributed by atoms with Gasteiger partial charge < -0.3 is 20.6 Å². The van der Waals surface area contributed by atoms with Crippen LogP contribution >= 0.6 is 0 Å². The van der Waals surface area contributed by atoms with Crippen molar-refractivity contribution in [3.63, 3.8) is 0 Å². The molecule has 0 saturated carbocycles. The number of rotatable bonds is 9. The van der Waals surface area contributed by atoms with Gasteiger partial charge in [0, 0.05) is 38.4 Å². The quantitative estimate of drug-likeness (QED) is 0.569. The lowest BCUT2D eigenvalue weighted by molar-refractivity contribution is 0.293. The summed E-state index contributed by atoms with van der Waals surface area (Å²) in [6.45, 7) is 6.78. The monoisotopic (exact) mass is 251 g/mol. The van der Waals surface area contributed by atoms with Gasteiger partial charge in [-0.2, -0.15) is 0 Å². The highest BCUT2D eigenvalue weighted by molar-refractivity contribution is 5.47. The van der Waals surface area contributed by atoms with Gasteiger partial charge >= 0.3 is 0 Å². The van der Waals surface area contributed by atoms with Gasteiger partial charge in [0.1, 0.15) is 0 Å². The number of benzene rings is 1. The van der Waals surface area contributed by atoms with Crippen LogP contribution in [-0.2, 0) is 6.54 Å². The van der Waals surface area contributed by atoms with E-state index in [1.807, 2.05) is 7.05 Å². The Kier molecular flexibility index (Phi) is 7.41. The predicted molar refractivity (Wildman–Crippen MR) is 77.0 cm³/mol. The molecule has 4 nitrogen and oxygen atoms in total. The van der Waals surface area contributed by atoms with Crippen LogP contribution in [0.2, 0.25) is 0 Å². The van der Waals surface area contributed by atoms with Crippen LogP contribution in [0.4, 0.5) is 5.69 Å². The zero-order valence-corrected chi connectivity index (χ0v) is 11.4. The number of hydrogen-bond donors (Lipinski definition) is 3. The molecule has 0 fully saturated rings. The zero-order chi connectivity index (χ0) is 13.2. The lowest BCUT2D eigenvalue weighted by atomic mass is 10.2. The SMILES string of the molecule is CCN(CCNCCO)c1ccc(CNC)cc1. The Morgan fingerprint density at radius 3 is 2.44 bits per heavy atom. The second-order valence-corrected chi connectivity index (χ2v) is 4.25. The maximum atomic E-state index is 8.70. The van der Waals surface area contributed by atoms with Crippen molar-refractivity contribution < 1.29 is 5.11 Å². The number of aliphatic hydroxyl groups excluding tert-OH is 1. The first-order valence-electron chi connectivity index (χ1n) is 6.61. The number of aliphatic hydroxyl groups is 1. The van der Waals surface area contributed by atoms with E-state index in [0.717, 1.165) is 26.2 Å². The smallest absolute Gasteiger partial charge is 0.0555 e. The van der Waals surface area contributed by atoms with Crippen LogP contribution in [0.1, 0.15) is 12.5 Å². The van der Waals surface area contributed by atoms with Crippen molar-refractivity contribution in [2.75, 3.05) is 44.7 Å². The number of likely N-dealkylation sites (N-methyl/N-ethyl adjacent to an activating group) is 1. The lowest BCUT2D eigenvalue weighted by Gasteiger charge is -2.23. The summed E-state index contributed by atoms with van der Waals surface area (Å²) in [5.74, 6) is 0. The Balaban J connectivity index is 2.48. The van der Waals surface area contributed by atoms with Gasteiger partial charge in [-0.3, -0.25) is 0 Å². The average molecular weight is 251 g/mol. The molecule has 102 valence electrons. The number of hydrogen-bond acceptors (Lipinski definition) is 4. The molecule has 3 N–H and O–H groups in total. The Labute approximate surface area is 110 Å². The molecule has 1 rings (SSSR count). The highest BCUT2D eigenvalue weighted by atomic mass is 16.3. The number of nitrogens with one attached hydrogen (secondary N) is 2. The Bertz CT molecular complexity index is 313. The molecule has 0 aliphatic rings. The molecule has 0 aliphatic carbocycles. The minimum absolute atomic E-state index is 0.199. The summed E-state index contributed by atoms with van der Waals surface area (Å²) in [5, 5.41) is 15.1. The van der Waals surface area contributed by atoms with Gasteiger partial charge in [-0.25, -0.2) is 0 Å². The molecule has 1 aromatic rings. The van der Waals surface area contributed by atoms with Crippen molar-refractivity contribution >= 4 is 5.69 Å². The minimum atomic E-state index is 0.199. The first kappa shape index (κ1) is 15.0. The van der Waals surface area contributed by atoms with E-state index >= 15 is 0 Å². The van der Waals surface area contributed by atoms with Crippen LogP contribution in [0.5, 0.6) is 0 Å². The third kappa shape index (κ3) is 5.04. The molecule has 0 unspecified atom stereocenters. The molecule has 0 aliphatic heterocycles. The van der Waals surface area contributed by atoms with Crippen molar-refractivity contribution in [2.45, 2.75) is 13.5 Å². The highest BCUT2D eigenvalue weighted by Gasteiger charge is 2.03. The van der Waals surface area contributed by atoms with Crippen molar-refractivity contribution in [2.24, 2.45) is 0 Å². The van der Waals surface area contributed by atoms with Crippen molar-refractivity contribution in [1.29, 1.82) is 0 Å². The van der Waals surface area contributed by atoms with Crippen LogP contribution in [0.3, 0.4) is 0 Å². The summed E-state index contributed by atoms with van der Waals surface area (Å²) in [4.78, 5) is 2.33. The summed E-state index contributed by atoms with van der Waals surface area (Å²) in [7, 11) is 1.96. The van der Waals surface area contributed by atoms with Gasteiger partial charge in [0.2, 0.25) is 0 Å². The molecular formula is C14H25N3O. The van der Waals surface area contributed by atoms with Gasteiger partial charge in [-0.15, -0.1) is 0 Å². The molecule has 0 radical (unpaired) electrons. The number of nitrogens with zero attached hydrogens (tertiary/aromatic N) is 1. The molecule has 0 bridgehead atoms. The van der Waals surface area contributed by atoms with E-state index in [1.54, 1.807) is 0 Å². The van der Waals surface area contributed by atoms with Crippen LogP contribution in [0.15, 0.2) is 24.3 Å². The molecule has 4 heteroatoms. The fourth-order valence-electron chi connectivity index (χ4n) is 1.92. The lowest BCUT2D eigenvalue weighted by Crippen LogP contribution is -2.33. The van der Waals surface area contributed by atoms with Gasteiger partial charge in [-0.1, -0.05) is 12.1 Å². The molecule has 0 atom stereocenters. The van der Waals surface area contributed by atoms with Gasteiger partial charge in [0.25, 0.3) is 0 Å². The van der Waals surface area contributed by atoms with E-state index in [-0.39, 0.29) is 6.61 Å². The van der Waals surface area contributed by atoms with Crippen LogP contribution in [0.25, 0.3) is 0 Å². The molecule has 0 saturated heterocycles. The second-order valence-electron chi connectivity index (χ2n) is 4.25. The van der Waals surface area contributed by atoms with E-state index < -0.39 is 0 Å². The summed E-state index contributed by atoms with van der Waals surface area (Å²) in [6, 6.07) is 8.66. The Morgan fingerprint density at radius 1 is 1.17 bits per heavy atom. The van der Waals surface area contributed by atoms with E-state index in [4.69, 9.17) is 5.11 Å². The normalized spacial score (nSPS) is 10.6. The van der Waals surface area contributed by atoms with E-state index in [0.29, 0.717) is 6.54 Å². The van der Waals surface area contributed by atoms with Crippen molar-refractivity contribution in [1.82, 2.24) is 10.6 Å². The summed E-state index contributed by atoms with van der Waals surface area (Å²) in [6.07, 6.45) is 0. The van der Waals surface area contributed by atoms with Crippen LogP contribution in [0, 0.1) is 0 Å². The van der Waals surface area contributed by atoms with E-state index in [9.17, 15) is 0 Å². The molecule has 0 aromatic heterocycles. The molecule has 0 spiro atoms. The van der Waals surface area contributed by atoms with E-state index in [1.165, 1.54) is 11.3 Å². The van der Waals surface area contributed by atoms with Crippen LogP contribution < -0.4 is 15.5 Å². The fraction of sp³-hybridized carbons (Fsp3) is 0.571. The standard InChI is InChI=1S/C14H25N3O/c1-3-17(10-8-16-9-11-18)14-6-4-13(5-7-14)12-15-2/h4-7,15-16,18H,3,8-12H2,1-2H3. The molecule has 0 heterocycles. The fourth-order valence-corrected chi connectivity index (χ4v) is 1.92. The third-order valence-electron chi connectivity index (χ3n) is 2.91. The maximum Gasteiger partial charge on any atom is 0.0555 e. The topological polar surface area (TPSA) is 47.5 Å². The van der Waals surface area contributed by atoms with Crippen molar-refractivity contribution in [3.8, 4) is 0 Å². The zero-order valence-electron chi connectivity index (χ0n) is 11.4. The predicted octanol–water partition coefficient (Wildman–Crippen LogP) is 0.814. The van der Waals surface area contributed by atoms with Gasteiger partial charge in [-0.05, 0) is 31.7 Å². The molecular weight excluding hydrogens is 226 g/mol. The van der Waals surface area contributed by atoms with Gasteiger partial charge in [0.15, 0.2) is 0 Å². The van der Waals surface area contributed by atoms with Gasteiger partial charge in [0.05, 0.1) is 6.61 Å². The highest BCUT2D eigenvalue weighted by Crippen LogP contribution is 2.14. The molecule has 0 amide bonds. The third-order valence-corrected chi connectivity index (χ3v) is 2.91. The summed E-state index contributed by atoms with van der Waals surface area (Å²) >= 11 is 0. The summed E-state index contributed by atoms with van der Waals surface area (Å²) in [5.41, 5.74) is 2.55. The Morgan fingerprint density at radius 2 is 1.89 bits per heavy atom. The summed E-state index contributed by atoms with van der Waals surface area (Å²) < 4.78 is 0. The Hall–Kier alpha value is -1.10. The average Bonchev–Trinajstić information content (AvgIpc) is 2.41. The molecule has 1 aromatic carbocycles. The number of anilines is 1. The largest absolute Gasteiger partial charge is 0.395 e. The second kappa shape index (κ2) is 8.91. The van der Waals surface area contributed by atoms with Crippen LogP contribution in [-0.4, -0.2) is 44.9 Å². The van der Waals surface area contributed by atoms with E-state index in [2.05, 4.69) is 46.7 Å². The maximum absolute atomic E-state index is 8.70. The van der Waals surface area contributed by atoms with Crippen molar-refractivity contribution in [3.05, 3.63) is 29.8 Å².